The first-order chi connectivity index (χ1) is 15.6. The molecule has 1 N–H and O–H groups in total. The lowest BCUT2D eigenvalue weighted by atomic mass is 9.87. The molecule has 1 aliphatic heterocycles. The van der Waals surface area contributed by atoms with Gasteiger partial charge in [0.05, 0.1) is 11.1 Å². The Kier molecular flexibility index (Phi) is 7.50. The van der Waals surface area contributed by atoms with Crippen LogP contribution in [-0.2, 0) is 16.3 Å². The lowest BCUT2D eigenvalue weighted by Crippen LogP contribution is -2.46. The van der Waals surface area contributed by atoms with Crippen LogP contribution in [0.1, 0.15) is 57.6 Å². The van der Waals surface area contributed by atoms with E-state index in [-0.39, 0.29) is 27.4 Å². The quantitative estimate of drug-likeness (QED) is 0.206. The van der Waals surface area contributed by atoms with Crippen LogP contribution in [0.2, 0.25) is 0 Å². The third kappa shape index (κ3) is 6.17. The number of benzene rings is 1. The molecule has 6 nitrogen and oxygen atoms in total. The summed E-state index contributed by atoms with van der Waals surface area (Å²) in [6.07, 6.45) is 0.462. The summed E-state index contributed by atoms with van der Waals surface area (Å²) in [4.78, 5) is 13.8. The van der Waals surface area contributed by atoms with Crippen LogP contribution in [0.4, 0.5) is 18.9 Å². The van der Waals surface area contributed by atoms with Gasteiger partial charge in [0.1, 0.15) is 11.3 Å². The molecule has 0 fully saturated rings. The molecule has 2 aromatic rings. The molecule has 188 valence electrons. The van der Waals surface area contributed by atoms with E-state index in [0.717, 1.165) is 25.7 Å². The standard InChI is InChI=1S/C23H28F3NO5S2/c1-14(33)7-5-4-6-8-27-19-11-20-17(18(23(24,25)26)10-21(28)32-20)9-16(19)15(12-22(27,2)3)13-34(29,30)31/h9-12,14,33H,4-8,13H2,1-3H3,(H,29,30,31). The average Bonchev–Trinajstić information content (AvgIpc) is 2.65. The maximum absolute atomic E-state index is 13.6. The molecule has 0 spiro atoms. The van der Waals surface area contributed by atoms with Crippen LogP contribution < -0.4 is 10.5 Å². The van der Waals surface area contributed by atoms with Crippen molar-refractivity contribution in [1.82, 2.24) is 0 Å². The van der Waals surface area contributed by atoms with Gasteiger partial charge < -0.3 is 9.32 Å². The van der Waals surface area contributed by atoms with Crippen molar-refractivity contribution in [2.24, 2.45) is 0 Å². The number of hydrogen-bond acceptors (Lipinski definition) is 6. The Labute approximate surface area is 202 Å². The first kappa shape index (κ1) is 26.6. The van der Waals surface area contributed by atoms with Crippen LogP contribution in [-0.4, -0.2) is 36.1 Å². The van der Waals surface area contributed by atoms with Crippen LogP contribution in [0.3, 0.4) is 0 Å². The van der Waals surface area contributed by atoms with Gasteiger partial charge in [0.15, 0.2) is 0 Å². The number of anilines is 1. The molecule has 0 amide bonds. The van der Waals surface area contributed by atoms with Crippen molar-refractivity contribution in [3.8, 4) is 0 Å². The van der Waals surface area contributed by atoms with E-state index in [2.05, 4.69) is 12.6 Å². The minimum Gasteiger partial charge on any atom is -0.423 e. The smallest absolute Gasteiger partial charge is 0.417 e. The van der Waals surface area contributed by atoms with E-state index in [4.69, 9.17) is 4.42 Å². The lowest BCUT2D eigenvalue weighted by molar-refractivity contribution is -0.136. The Balaban J connectivity index is 2.15. The molecule has 34 heavy (non-hydrogen) atoms. The van der Waals surface area contributed by atoms with Gasteiger partial charge >= 0.3 is 11.8 Å². The Morgan fingerprint density at radius 1 is 1.18 bits per heavy atom. The first-order valence-corrected chi connectivity index (χ1v) is 13.0. The molecule has 1 aromatic heterocycles. The third-order valence-electron chi connectivity index (χ3n) is 5.87. The topological polar surface area (TPSA) is 87.8 Å². The number of fused-ring (bicyclic) bond motifs is 2. The van der Waals surface area contributed by atoms with Gasteiger partial charge in [-0.3, -0.25) is 4.55 Å². The Bertz CT molecular complexity index is 1260. The highest BCUT2D eigenvalue weighted by Crippen LogP contribution is 2.44. The highest BCUT2D eigenvalue weighted by molar-refractivity contribution is 7.86. The minimum absolute atomic E-state index is 0.184. The van der Waals surface area contributed by atoms with E-state index in [1.54, 1.807) is 6.08 Å². The van der Waals surface area contributed by atoms with Crippen LogP contribution in [0.5, 0.6) is 0 Å². The van der Waals surface area contributed by atoms with Gasteiger partial charge in [-0.2, -0.15) is 34.2 Å². The van der Waals surface area contributed by atoms with Gasteiger partial charge in [-0.15, -0.1) is 0 Å². The van der Waals surface area contributed by atoms with Crippen LogP contribution in [0.15, 0.2) is 33.5 Å². The summed E-state index contributed by atoms with van der Waals surface area (Å²) in [5.41, 5.74) is -2.36. The van der Waals surface area contributed by atoms with Gasteiger partial charge in [0.2, 0.25) is 0 Å². The van der Waals surface area contributed by atoms with Gasteiger partial charge in [-0.05, 0) is 43.6 Å². The maximum atomic E-state index is 13.6. The van der Waals surface area contributed by atoms with Crippen LogP contribution >= 0.6 is 12.6 Å². The monoisotopic (exact) mass is 519 g/mol. The summed E-state index contributed by atoms with van der Waals surface area (Å²) in [7, 11) is -4.45. The van der Waals surface area contributed by atoms with Gasteiger partial charge in [-0.1, -0.05) is 25.8 Å². The number of unbranched alkanes of at least 4 members (excludes halogenated alkanes) is 2. The molecule has 0 aliphatic carbocycles. The Morgan fingerprint density at radius 2 is 1.85 bits per heavy atom. The molecule has 0 saturated heterocycles. The van der Waals surface area contributed by atoms with Crippen molar-refractivity contribution >= 4 is 45.0 Å². The summed E-state index contributed by atoms with van der Waals surface area (Å²) < 4.78 is 78.9. The molecule has 3 rings (SSSR count). The summed E-state index contributed by atoms with van der Waals surface area (Å²) in [5.74, 6) is -0.749. The van der Waals surface area contributed by atoms with Gasteiger partial charge in [0, 0.05) is 35.3 Å². The number of nitrogens with zero attached hydrogens (tertiary/aromatic N) is 1. The molecule has 2 heterocycles. The van der Waals surface area contributed by atoms with Crippen molar-refractivity contribution in [3.05, 3.63) is 45.8 Å². The van der Waals surface area contributed by atoms with Crippen molar-refractivity contribution in [3.63, 3.8) is 0 Å². The zero-order valence-electron chi connectivity index (χ0n) is 19.1. The zero-order chi connectivity index (χ0) is 25.5. The number of hydrogen-bond donors (Lipinski definition) is 2. The molecule has 11 heteroatoms. The van der Waals surface area contributed by atoms with Crippen molar-refractivity contribution < 1.29 is 30.6 Å². The van der Waals surface area contributed by atoms with E-state index in [9.17, 15) is 30.9 Å². The van der Waals surface area contributed by atoms with E-state index in [1.807, 2.05) is 25.7 Å². The van der Waals surface area contributed by atoms with Crippen molar-refractivity contribution in [1.29, 1.82) is 0 Å². The summed E-state index contributed by atoms with van der Waals surface area (Å²) >= 11 is 4.38. The molecule has 1 unspecified atom stereocenters. The largest absolute Gasteiger partial charge is 0.423 e. The van der Waals surface area contributed by atoms with Gasteiger partial charge in [0.25, 0.3) is 10.1 Å². The number of rotatable bonds is 8. The fraction of sp³-hybridized carbons (Fsp3) is 0.522. The van der Waals surface area contributed by atoms with Crippen LogP contribution in [0.25, 0.3) is 16.5 Å². The molecule has 0 radical (unpaired) electrons. The summed E-state index contributed by atoms with van der Waals surface area (Å²) in [6, 6.07) is 2.93. The van der Waals surface area contributed by atoms with E-state index < -0.39 is 38.8 Å². The highest BCUT2D eigenvalue weighted by Gasteiger charge is 2.37. The predicted octanol–water partition coefficient (Wildman–Crippen LogP) is 5.56. The maximum Gasteiger partial charge on any atom is 0.417 e. The van der Waals surface area contributed by atoms with E-state index in [1.165, 1.54) is 12.1 Å². The molecule has 1 aromatic carbocycles. The predicted molar refractivity (Wildman–Crippen MR) is 130 cm³/mol. The third-order valence-corrected chi connectivity index (χ3v) is 6.80. The van der Waals surface area contributed by atoms with Crippen molar-refractivity contribution in [2.75, 3.05) is 17.2 Å². The van der Waals surface area contributed by atoms with Gasteiger partial charge in [-0.25, -0.2) is 4.79 Å². The molecule has 1 aliphatic rings. The normalized spacial score (nSPS) is 16.9. The van der Waals surface area contributed by atoms with Crippen molar-refractivity contribution in [2.45, 2.75) is 63.4 Å². The number of thiol groups is 1. The highest BCUT2D eigenvalue weighted by atomic mass is 32.2. The number of alkyl halides is 3. The lowest BCUT2D eigenvalue weighted by Gasteiger charge is -2.44. The molecular formula is C23H28F3NO5S2. The van der Waals surface area contributed by atoms with Crippen LogP contribution in [0, 0.1) is 0 Å². The second-order valence-electron chi connectivity index (χ2n) is 9.24. The number of halogens is 3. The van der Waals surface area contributed by atoms with E-state index >= 15 is 0 Å². The fourth-order valence-corrected chi connectivity index (χ4v) is 5.23. The molecule has 0 saturated carbocycles. The summed E-state index contributed by atoms with van der Waals surface area (Å²) in [5, 5.41) is -0.0651. The Morgan fingerprint density at radius 3 is 2.44 bits per heavy atom. The second kappa shape index (κ2) is 9.58. The molecule has 1 atom stereocenters. The fourth-order valence-electron chi connectivity index (χ4n) is 4.42. The second-order valence-corrected chi connectivity index (χ2v) is 11.6. The Hall–Kier alpha value is -1.98. The van der Waals surface area contributed by atoms with E-state index in [0.29, 0.717) is 18.3 Å². The average molecular weight is 520 g/mol. The SMILES string of the molecule is CC(S)CCCCCN1c2cc3oc(=O)cc(C(F)(F)F)c3cc2C(CS(=O)(=O)O)=CC1(C)C. The first-order valence-electron chi connectivity index (χ1n) is 10.9. The summed E-state index contributed by atoms with van der Waals surface area (Å²) in [6.45, 7) is 6.26. The minimum atomic E-state index is -4.81. The molecule has 0 bridgehead atoms. The molecular weight excluding hydrogens is 491 g/mol. The zero-order valence-corrected chi connectivity index (χ0v) is 20.9.